The standard InChI is InChI=1S/C27H25F4N5O5S2.ClH/c1-34-22(38)21-16(11-42-23(21)35(2)26(34)40)10-20(37)33-25-36(13-41-24(39)14-5-7-32-8-6-14)19(12-43-25)15-3-4-17(18(28)9-15)27(29,30)31;/h3-4,9,11-12,14,32H,5-8,10,13H2,1-2H3;1H. The van der Waals surface area contributed by atoms with E-state index in [1.165, 1.54) is 28.6 Å². The van der Waals surface area contributed by atoms with Gasteiger partial charge in [0.05, 0.1) is 29.0 Å². The summed E-state index contributed by atoms with van der Waals surface area (Å²) in [6.45, 7) is 0.872. The van der Waals surface area contributed by atoms with Crippen LogP contribution in [0.2, 0.25) is 0 Å². The number of fused-ring (bicyclic) bond motifs is 1. The average molecular weight is 676 g/mol. The number of thiophene rings is 1. The first-order valence-electron chi connectivity index (χ1n) is 13.0. The molecule has 0 aliphatic carbocycles. The van der Waals surface area contributed by atoms with E-state index in [-0.39, 0.29) is 46.2 Å². The molecule has 236 valence electrons. The van der Waals surface area contributed by atoms with Crippen molar-refractivity contribution in [2.75, 3.05) is 13.1 Å². The molecule has 1 aromatic carbocycles. The molecule has 10 nitrogen and oxygen atoms in total. The molecule has 5 rings (SSSR count). The Labute approximate surface area is 260 Å². The average Bonchev–Trinajstić information content (AvgIpc) is 3.57. The second-order valence-electron chi connectivity index (χ2n) is 9.97. The van der Waals surface area contributed by atoms with Gasteiger partial charge in [-0.05, 0) is 49.0 Å². The molecule has 0 radical (unpaired) electrons. The summed E-state index contributed by atoms with van der Waals surface area (Å²) in [6.07, 6.45) is -4.03. The maximum absolute atomic E-state index is 14.4. The number of piperidine rings is 1. The van der Waals surface area contributed by atoms with Gasteiger partial charge in [-0.3, -0.25) is 28.1 Å². The minimum Gasteiger partial charge on any atom is -0.444 e. The smallest absolute Gasteiger partial charge is 0.419 e. The number of benzene rings is 1. The lowest BCUT2D eigenvalue weighted by atomic mass is 9.99. The first kappa shape index (κ1) is 33.3. The molecule has 17 heteroatoms. The number of aromatic nitrogens is 3. The van der Waals surface area contributed by atoms with Crippen molar-refractivity contribution in [3.05, 3.63) is 71.5 Å². The number of thiazole rings is 1. The third-order valence-corrected chi connectivity index (χ3v) is 9.15. The highest BCUT2D eigenvalue weighted by Gasteiger charge is 2.34. The quantitative estimate of drug-likeness (QED) is 0.247. The van der Waals surface area contributed by atoms with E-state index in [9.17, 15) is 36.7 Å². The molecule has 0 bridgehead atoms. The summed E-state index contributed by atoms with van der Waals surface area (Å²) in [5, 5.41) is 6.43. The van der Waals surface area contributed by atoms with Crippen LogP contribution >= 0.6 is 35.1 Å². The largest absolute Gasteiger partial charge is 0.444 e. The molecule has 1 N–H and O–H groups in total. The van der Waals surface area contributed by atoms with Crippen molar-refractivity contribution in [1.29, 1.82) is 0 Å². The molecule has 0 unspecified atom stereocenters. The van der Waals surface area contributed by atoms with Crippen molar-refractivity contribution in [3.8, 4) is 11.3 Å². The van der Waals surface area contributed by atoms with E-state index in [0.717, 1.165) is 39.4 Å². The van der Waals surface area contributed by atoms with Crippen LogP contribution < -0.4 is 21.4 Å². The topological polar surface area (TPSA) is 117 Å². The van der Waals surface area contributed by atoms with Crippen molar-refractivity contribution >= 4 is 57.2 Å². The number of nitrogens with one attached hydrogen (secondary N) is 1. The fourth-order valence-electron chi connectivity index (χ4n) is 4.85. The van der Waals surface area contributed by atoms with Crippen LogP contribution in [0.5, 0.6) is 0 Å². The number of esters is 1. The van der Waals surface area contributed by atoms with Gasteiger partial charge in [0.25, 0.3) is 11.5 Å². The van der Waals surface area contributed by atoms with Crippen LogP contribution in [0.4, 0.5) is 17.6 Å². The number of nitrogens with zero attached hydrogens (tertiary/aromatic N) is 4. The Kier molecular flexibility index (Phi) is 9.97. The van der Waals surface area contributed by atoms with Crippen molar-refractivity contribution in [1.82, 2.24) is 19.0 Å². The molecule has 1 aliphatic rings. The number of carbonyl (C=O) groups is 2. The third kappa shape index (κ3) is 6.57. The Morgan fingerprint density at radius 1 is 1.09 bits per heavy atom. The fourth-order valence-corrected chi connectivity index (χ4v) is 6.79. The Morgan fingerprint density at radius 2 is 1.80 bits per heavy atom. The van der Waals surface area contributed by atoms with Crippen molar-refractivity contribution in [2.24, 2.45) is 25.0 Å². The number of hydrogen-bond acceptors (Lipinski definition) is 8. The van der Waals surface area contributed by atoms with Crippen LogP contribution in [0.25, 0.3) is 21.5 Å². The van der Waals surface area contributed by atoms with Crippen LogP contribution in [-0.2, 0) is 47.7 Å². The van der Waals surface area contributed by atoms with Gasteiger partial charge >= 0.3 is 17.8 Å². The van der Waals surface area contributed by atoms with E-state index < -0.39 is 47.4 Å². The number of aryl methyl sites for hydroxylation is 1. The van der Waals surface area contributed by atoms with E-state index in [4.69, 9.17) is 4.74 Å². The SMILES string of the molecule is Cl.Cn1c(=O)c2c(CC(=O)N=c3scc(-c4ccc(C(F)(F)F)c(F)c4)n3COC(=O)C3CCNCC3)csc2n(C)c1=O. The summed E-state index contributed by atoms with van der Waals surface area (Å²) in [7, 11) is 2.85. The lowest BCUT2D eigenvalue weighted by Crippen LogP contribution is -2.36. The summed E-state index contributed by atoms with van der Waals surface area (Å²) >= 11 is 2.08. The maximum atomic E-state index is 14.4. The highest BCUT2D eigenvalue weighted by molar-refractivity contribution is 7.17. The number of hydrogen-bond donors (Lipinski definition) is 1. The van der Waals surface area contributed by atoms with Gasteiger partial charge in [-0.15, -0.1) is 35.1 Å². The molecule has 0 saturated carbocycles. The highest BCUT2D eigenvalue weighted by Crippen LogP contribution is 2.33. The van der Waals surface area contributed by atoms with Gasteiger partial charge in [0.1, 0.15) is 10.6 Å². The monoisotopic (exact) mass is 675 g/mol. The number of ether oxygens (including phenoxy) is 1. The highest BCUT2D eigenvalue weighted by atomic mass is 35.5. The van der Waals surface area contributed by atoms with Crippen LogP contribution in [-0.4, -0.2) is 38.7 Å². The summed E-state index contributed by atoms with van der Waals surface area (Å²) in [5.74, 6) is -2.97. The molecule has 1 saturated heterocycles. The molecule has 0 spiro atoms. The molecule has 4 aromatic rings. The van der Waals surface area contributed by atoms with Gasteiger partial charge < -0.3 is 10.1 Å². The van der Waals surface area contributed by atoms with Crippen LogP contribution in [0.15, 0.2) is 43.5 Å². The Bertz CT molecular complexity index is 1920. The lowest BCUT2D eigenvalue weighted by molar-refractivity contribution is -0.153. The van der Waals surface area contributed by atoms with Crippen LogP contribution in [0.1, 0.15) is 24.0 Å². The van der Waals surface area contributed by atoms with Gasteiger partial charge in [0.2, 0.25) is 0 Å². The van der Waals surface area contributed by atoms with Gasteiger partial charge in [0, 0.05) is 25.0 Å². The number of rotatable bonds is 6. The third-order valence-electron chi connectivity index (χ3n) is 7.18. The van der Waals surface area contributed by atoms with Gasteiger partial charge in [0.15, 0.2) is 11.5 Å². The van der Waals surface area contributed by atoms with E-state index in [2.05, 4.69) is 10.3 Å². The first-order chi connectivity index (χ1) is 20.4. The van der Waals surface area contributed by atoms with Crippen molar-refractivity contribution in [2.45, 2.75) is 32.2 Å². The first-order valence-corrected chi connectivity index (χ1v) is 14.8. The minimum absolute atomic E-state index is 0. The van der Waals surface area contributed by atoms with Gasteiger partial charge in [-0.2, -0.15) is 18.2 Å². The van der Waals surface area contributed by atoms with E-state index in [1.807, 2.05) is 0 Å². The summed E-state index contributed by atoms with van der Waals surface area (Å²) in [4.78, 5) is 55.5. The molecular formula is C27H26ClF4N5O5S2. The predicted octanol–water partition coefficient (Wildman–Crippen LogP) is 3.58. The second-order valence-corrected chi connectivity index (χ2v) is 11.7. The molecule has 0 atom stereocenters. The Hall–Kier alpha value is -3.60. The molecule has 4 heterocycles. The maximum Gasteiger partial charge on any atom is 0.419 e. The molecule has 1 aliphatic heterocycles. The number of amides is 1. The number of halogens is 5. The van der Waals surface area contributed by atoms with Crippen LogP contribution in [0.3, 0.4) is 0 Å². The normalized spacial score (nSPS) is 14.5. The van der Waals surface area contributed by atoms with E-state index in [1.54, 1.807) is 5.38 Å². The van der Waals surface area contributed by atoms with Gasteiger partial charge in [-0.1, -0.05) is 6.07 Å². The van der Waals surface area contributed by atoms with Crippen molar-refractivity contribution in [3.63, 3.8) is 0 Å². The van der Waals surface area contributed by atoms with E-state index in [0.29, 0.717) is 42.4 Å². The fraction of sp³-hybridized carbons (Fsp3) is 0.370. The van der Waals surface area contributed by atoms with Gasteiger partial charge in [-0.25, -0.2) is 9.18 Å². The number of carbonyl (C=O) groups excluding carboxylic acids is 2. The molecule has 3 aromatic heterocycles. The van der Waals surface area contributed by atoms with Crippen molar-refractivity contribution < 1.29 is 31.9 Å². The minimum atomic E-state index is -4.89. The second kappa shape index (κ2) is 13.2. The summed E-state index contributed by atoms with van der Waals surface area (Å²) < 4.78 is 63.0. The zero-order chi connectivity index (χ0) is 31.1. The molecule has 44 heavy (non-hydrogen) atoms. The predicted molar refractivity (Wildman–Crippen MR) is 158 cm³/mol. The summed E-state index contributed by atoms with van der Waals surface area (Å²) in [6, 6.07) is 2.42. The molecular weight excluding hydrogens is 650 g/mol. The zero-order valence-electron chi connectivity index (χ0n) is 23.3. The molecule has 1 amide bonds. The Morgan fingerprint density at radius 3 is 2.45 bits per heavy atom. The lowest BCUT2D eigenvalue weighted by Gasteiger charge is -2.21. The number of alkyl halides is 3. The molecule has 1 fully saturated rings. The van der Waals surface area contributed by atoms with Crippen LogP contribution in [0, 0.1) is 11.7 Å². The van der Waals surface area contributed by atoms with E-state index >= 15 is 0 Å². The summed E-state index contributed by atoms with van der Waals surface area (Å²) in [5.41, 5.74) is -1.87. The zero-order valence-corrected chi connectivity index (χ0v) is 25.7. The Balaban J connectivity index is 0.00000442.